The summed E-state index contributed by atoms with van der Waals surface area (Å²) in [5, 5.41) is 9.77. The fourth-order valence-electron chi connectivity index (χ4n) is 6.62. The minimum atomic E-state index is -0.892. The zero-order valence-corrected chi connectivity index (χ0v) is 25.0. The molecule has 1 fully saturated rings. The van der Waals surface area contributed by atoms with Gasteiger partial charge in [0, 0.05) is 0 Å². The fourth-order valence-corrected chi connectivity index (χ4v) is 6.62. The van der Waals surface area contributed by atoms with E-state index in [1.165, 1.54) is 63.4 Å². The highest BCUT2D eigenvalue weighted by atomic mass is 16.5. The largest absolute Gasteiger partial charge is 0.494 e. The van der Waals surface area contributed by atoms with E-state index in [1.807, 2.05) is 24.3 Å². The molecule has 2 atom stereocenters. The Balaban J connectivity index is 1.15. The molecule has 0 spiro atoms. The fraction of sp³-hybridized carbons (Fsp3) is 0.611. The van der Waals surface area contributed by atoms with Gasteiger partial charge in [-0.15, -0.1) is 0 Å². The van der Waals surface area contributed by atoms with Crippen molar-refractivity contribution in [3.8, 4) is 5.75 Å². The van der Waals surface area contributed by atoms with Crippen LogP contribution < -0.4 is 4.74 Å². The Morgan fingerprint density at radius 3 is 2.07 bits per heavy atom. The molecule has 0 amide bonds. The summed E-state index contributed by atoms with van der Waals surface area (Å²) in [5.74, 6) is -0.626. The summed E-state index contributed by atoms with van der Waals surface area (Å²) in [6, 6.07) is 16.3. The number of rotatable bonds is 16. The summed E-state index contributed by atoms with van der Waals surface area (Å²) < 4.78 is 11.9. The van der Waals surface area contributed by atoms with Gasteiger partial charge in [0.15, 0.2) is 0 Å². The van der Waals surface area contributed by atoms with E-state index in [9.17, 15) is 14.7 Å². The molecular formula is C36H50O5. The second-order valence-electron chi connectivity index (χ2n) is 12.2. The molecule has 0 bridgehead atoms. The van der Waals surface area contributed by atoms with Crippen molar-refractivity contribution in [2.45, 2.75) is 122 Å². The van der Waals surface area contributed by atoms with E-state index in [4.69, 9.17) is 9.47 Å². The first-order valence-corrected chi connectivity index (χ1v) is 16.3. The standard InChI is InChI=1S/C36H50O5/c1-2-3-4-5-6-7-8-9-10-13-26-40-31-23-20-28(21-24-31)27-16-18-30(19-17-27)36(39)41-34-32-15-12-11-14-29(32)22-25-33(34)35(37)38/h11-12,14-15,20-21,23-24,27,30,33-34H,2-10,13,16-19,22,25-26H2,1H3,(H,37,38). The minimum absolute atomic E-state index is 0.168. The number of carboxylic acids is 1. The maximum Gasteiger partial charge on any atom is 0.310 e. The predicted molar refractivity (Wildman–Crippen MR) is 163 cm³/mol. The number of fused-ring (bicyclic) bond motifs is 1. The Labute approximate surface area is 247 Å². The van der Waals surface area contributed by atoms with Crippen LogP contribution in [-0.2, 0) is 20.7 Å². The first kappa shape index (κ1) is 31.1. The Hall–Kier alpha value is -2.82. The molecule has 0 aromatic heterocycles. The predicted octanol–water partition coefficient (Wildman–Crippen LogP) is 9.19. The van der Waals surface area contributed by atoms with Crippen molar-refractivity contribution in [1.29, 1.82) is 0 Å². The number of esters is 1. The molecule has 1 N–H and O–H groups in total. The Morgan fingerprint density at radius 1 is 0.780 bits per heavy atom. The van der Waals surface area contributed by atoms with Crippen LogP contribution >= 0.6 is 0 Å². The van der Waals surface area contributed by atoms with Gasteiger partial charge in [0.1, 0.15) is 11.9 Å². The van der Waals surface area contributed by atoms with E-state index in [0.29, 0.717) is 18.8 Å². The van der Waals surface area contributed by atoms with Crippen LogP contribution in [0.5, 0.6) is 5.75 Å². The third kappa shape index (κ3) is 9.34. The van der Waals surface area contributed by atoms with Gasteiger partial charge >= 0.3 is 11.9 Å². The van der Waals surface area contributed by atoms with E-state index >= 15 is 0 Å². The van der Waals surface area contributed by atoms with Crippen molar-refractivity contribution in [2.24, 2.45) is 11.8 Å². The molecule has 5 nitrogen and oxygen atoms in total. The van der Waals surface area contributed by atoms with E-state index in [-0.39, 0.29) is 11.9 Å². The van der Waals surface area contributed by atoms with Crippen LogP contribution in [0.15, 0.2) is 48.5 Å². The van der Waals surface area contributed by atoms with Crippen LogP contribution in [0.3, 0.4) is 0 Å². The van der Waals surface area contributed by atoms with E-state index in [2.05, 4.69) is 31.2 Å². The number of ether oxygens (including phenoxy) is 2. The van der Waals surface area contributed by atoms with Crippen LogP contribution in [0.25, 0.3) is 0 Å². The highest BCUT2D eigenvalue weighted by molar-refractivity contribution is 5.75. The number of aryl methyl sites for hydroxylation is 1. The third-order valence-electron chi connectivity index (χ3n) is 9.19. The number of carbonyl (C=O) groups is 2. The maximum absolute atomic E-state index is 13.1. The van der Waals surface area contributed by atoms with Crippen molar-refractivity contribution in [1.82, 2.24) is 0 Å². The molecule has 2 aromatic rings. The molecule has 224 valence electrons. The van der Waals surface area contributed by atoms with Gasteiger partial charge in [-0.25, -0.2) is 0 Å². The van der Waals surface area contributed by atoms with E-state index in [0.717, 1.165) is 55.6 Å². The van der Waals surface area contributed by atoms with Crippen LogP contribution in [0.1, 0.15) is 132 Å². The average molecular weight is 563 g/mol. The van der Waals surface area contributed by atoms with Crippen LogP contribution in [0.2, 0.25) is 0 Å². The van der Waals surface area contributed by atoms with Gasteiger partial charge in [-0.05, 0) is 79.7 Å². The monoisotopic (exact) mass is 562 g/mol. The molecule has 2 aromatic carbocycles. The first-order valence-electron chi connectivity index (χ1n) is 16.3. The Kier molecular flexibility index (Phi) is 12.6. The number of benzene rings is 2. The maximum atomic E-state index is 13.1. The molecule has 4 rings (SSSR count). The lowest BCUT2D eigenvalue weighted by molar-refractivity contribution is -0.164. The lowest BCUT2D eigenvalue weighted by Crippen LogP contribution is -2.33. The van der Waals surface area contributed by atoms with E-state index in [1.54, 1.807) is 0 Å². The third-order valence-corrected chi connectivity index (χ3v) is 9.19. The normalized spacial score (nSPS) is 22.1. The molecule has 0 aliphatic heterocycles. The molecular weight excluding hydrogens is 512 g/mol. The van der Waals surface area contributed by atoms with Gasteiger partial charge in [-0.1, -0.05) is 101 Å². The first-order chi connectivity index (χ1) is 20.1. The number of aliphatic carboxylic acids is 1. The summed E-state index contributed by atoms with van der Waals surface area (Å²) >= 11 is 0. The number of hydrogen-bond donors (Lipinski definition) is 1. The van der Waals surface area contributed by atoms with Crippen molar-refractivity contribution < 1.29 is 24.2 Å². The van der Waals surface area contributed by atoms with Crippen LogP contribution in [-0.4, -0.2) is 23.7 Å². The molecule has 0 heterocycles. The van der Waals surface area contributed by atoms with Gasteiger partial charge in [0.25, 0.3) is 0 Å². The van der Waals surface area contributed by atoms with Gasteiger partial charge in [-0.3, -0.25) is 9.59 Å². The average Bonchev–Trinajstić information content (AvgIpc) is 3.00. The molecule has 0 radical (unpaired) electrons. The number of carboxylic acid groups (broad SMARTS) is 1. The van der Waals surface area contributed by atoms with Gasteiger partial charge in [0.2, 0.25) is 0 Å². The molecule has 5 heteroatoms. The Morgan fingerprint density at radius 2 is 1.41 bits per heavy atom. The molecule has 1 saturated carbocycles. The van der Waals surface area contributed by atoms with Crippen molar-refractivity contribution in [2.75, 3.05) is 6.61 Å². The second-order valence-corrected chi connectivity index (χ2v) is 12.2. The zero-order chi connectivity index (χ0) is 28.9. The number of carbonyl (C=O) groups excluding carboxylic acids is 1. The molecule has 41 heavy (non-hydrogen) atoms. The summed E-state index contributed by atoms with van der Waals surface area (Å²) in [7, 11) is 0. The van der Waals surface area contributed by atoms with Gasteiger partial charge in [0.05, 0.1) is 18.4 Å². The van der Waals surface area contributed by atoms with Crippen molar-refractivity contribution in [3.63, 3.8) is 0 Å². The number of unbranched alkanes of at least 4 members (excludes halogenated alkanes) is 9. The summed E-state index contributed by atoms with van der Waals surface area (Å²) in [5.41, 5.74) is 3.24. The lowest BCUT2D eigenvalue weighted by Gasteiger charge is -2.33. The summed E-state index contributed by atoms with van der Waals surface area (Å²) in [6.45, 7) is 3.04. The topological polar surface area (TPSA) is 72.8 Å². The molecule has 2 aliphatic rings. The SMILES string of the molecule is CCCCCCCCCCCCOc1ccc(C2CCC(C(=O)OC3c4ccccc4CCC3C(=O)O)CC2)cc1. The molecule has 0 saturated heterocycles. The zero-order valence-electron chi connectivity index (χ0n) is 25.0. The van der Waals surface area contributed by atoms with Crippen LogP contribution in [0, 0.1) is 11.8 Å². The molecule has 2 unspecified atom stereocenters. The quantitative estimate of drug-likeness (QED) is 0.163. The number of hydrogen-bond acceptors (Lipinski definition) is 4. The highest BCUT2D eigenvalue weighted by Gasteiger charge is 2.39. The molecule has 2 aliphatic carbocycles. The lowest BCUT2D eigenvalue weighted by atomic mass is 9.78. The van der Waals surface area contributed by atoms with Crippen molar-refractivity contribution in [3.05, 3.63) is 65.2 Å². The van der Waals surface area contributed by atoms with Crippen LogP contribution in [0.4, 0.5) is 0 Å². The van der Waals surface area contributed by atoms with E-state index < -0.39 is 18.0 Å². The second kappa shape index (κ2) is 16.6. The minimum Gasteiger partial charge on any atom is -0.494 e. The smallest absolute Gasteiger partial charge is 0.310 e. The summed E-state index contributed by atoms with van der Waals surface area (Å²) in [4.78, 5) is 25.1. The van der Waals surface area contributed by atoms with Gasteiger partial charge < -0.3 is 14.6 Å². The summed E-state index contributed by atoms with van der Waals surface area (Å²) in [6.07, 6.45) is 17.1. The Bertz CT molecular complexity index is 1070. The van der Waals surface area contributed by atoms with Crippen molar-refractivity contribution >= 4 is 11.9 Å². The van der Waals surface area contributed by atoms with Gasteiger partial charge in [-0.2, -0.15) is 0 Å². The highest BCUT2D eigenvalue weighted by Crippen LogP contribution is 2.41.